The maximum Gasteiger partial charge on any atom is 0.404 e. The minimum absolute atomic E-state index is 0.0702. The third-order valence-electron chi connectivity index (χ3n) is 3.85. The van der Waals surface area contributed by atoms with Gasteiger partial charge < -0.3 is 24.9 Å². The summed E-state index contributed by atoms with van der Waals surface area (Å²) in [6, 6.07) is 0. The molecule has 13 heteroatoms. The predicted molar refractivity (Wildman–Crippen MR) is 111 cm³/mol. The summed E-state index contributed by atoms with van der Waals surface area (Å²) in [5, 5.41) is 17.4. The molecule has 2 aromatic rings. The first-order valence-electron chi connectivity index (χ1n) is 8.75. The monoisotopic (exact) mass is 502 g/mol. The maximum absolute atomic E-state index is 12.4. The van der Waals surface area contributed by atoms with E-state index in [0.29, 0.717) is 12.0 Å². The smallest absolute Gasteiger partial charge is 0.404 e. The van der Waals surface area contributed by atoms with E-state index in [0.717, 1.165) is 11.3 Å². The van der Waals surface area contributed by atoms with Crippen LogP contribution in [0.15, 0.2) is 10.7 Å². The Kier molecular flexibility index (Phi) is 8.06. The fraction of sp³-hybridized carbons (Fsp3) is 0.412. The van der Waals surface area contributed by atoms with E-state index in [9.17, 15) is 24.5 Å². The molecule has 2 heterocycles. The maximum atomic E-state index is 12.4. The molecule has 0 radical (unpaired) electrons. The van der Waals surface area contributed by atoms with E-state index in [1.165, 1.54) is 18.0 Å². The minimum atomic E-state index is -0.650. The van der Waals surface area contributed by atoms with Crippen molar-refractivity contribution in [2.45, 2.75) is 33.2 Å². The highest BCUT2D eigenvalue weighted by Gasteiger charge is 2.27. The van der Waals surface area contributed by atoms with Crippen molar-refractivity contribution in [1.82, 2.24) is 9.78 Å². The number of aryl methyl sites for hydroxylation is 1. The number of esters is 2. The largest absolute Gasteiger partial charge is 0.465 e. The Labute approximate surface area is 183 Å². The van der Waals surface area contributed by atoms with Gasteiger partial charge >= 0.3 is 17.8 Å². The van der Waals surface area contributed by atoms with Gasteiger partial charge in [0, 0.05) is 6.42 Å². The average molecular weight is 503 g/mol. The molecule has 0 fully saturated rings. The lowest BCUT2D eigenvalue weighted by Gasteiger charge is -2.07. The number of hydrogen-bond donors (Lipinski definition) is 1. The number of carbonyl (C=O) groups excluding carboxylic acids is 3. The molecule has 0 spiro atoms. The molecule has 0 aromatic carbocycles. The summed E-state index contributed by atoms with van der Waals surface area (Å²) in [5.41, 5.74) is 0.453. The molecule has 0 saturated carbocycles. The van der Waals surface area contributed by atoms with E-state index in [-0.39, 0.29) is 45.3 Å². The molecule has 0 atom stereocenters. The third kappa shape index (κ3) is 5.42. The Balaban J connectivity index is 2.18. The van der Waals surface area contributed by atoms with Crippen molar-refractivity contribution in [2.24, 2.45) is 0 Å². The first kappa shape index (κ1) is 23.5. The van der Waals surface area contributed by atoms with Crippen LogP contribution in [0.1, 0.15) is 45.4 Å². The third-order valence-corrected chi connectivity index (χ3v) is 5.60. The number of hydrogen-bond acceptors (Lipinski definition) is 9. The number of ether oxygens (including phenoxy) is 2. The van der Waals surface area contributed by atoms with Crippen molar-refractivity contribution in [3.8, 4) is 0 Å². The van der Waals surface area contributed by atoms with Gasteiger partial charge in [-0.3, -0.25) is 4.79 Å². The molecule has 2 aromatic heterocycles. The number of anilines is 1. The zero-order chi connectivity index (χ0) is 22.4. The van der Waals surface area contributed by atoms with Crippen molar-refractivity contribution >= 4 is 55.9 Å². The summed E-state index contributed by atoms with van der Waals surface area (Å²) < 4.78 is 11.3. The molecule has 1 N–H and O–H groups in total. The summed E-state index contributed by atoms with van der Waals surface area (Å²) >= 11 is 3.95. The van der Waals surface area contributed by atoms with Gasteiger partial charge in [-0.25, -0.2) is 9.59 Å². The number of methoxy groups -OCH3 is 1. The van der Waals surface area contributed by atoms with Gasteiger partial charge in [-0.05, 0) is 39.8 Å². The second kappa shape index (κ2) is 10.3. The molecule has 1 amide bonds. The molecule has 11 nitrogen and oxygen atoms in total. The quantitative estimate of drug-likeness (QED) is 0.312. The number of amides is 1. The molecule has 0 aliphatic heterocycles. The van der Waals surface area contributed by atoms with Crippen LogP contribution in [0.4, 0.5) is 10.8 Å². The van der Waals surface area contributed by atoms with Crippen LogP contribution in [0.2, 0.25) is 0 Å². The van der Waals surface area contributed by atoms with Gasteiger partial charge in [0.25, 0.3) is 0 Å². The summed E-state index contributed by atoms with van der Waals surface area (Å²) in [6.45, 7) is 3.68. The molecule has 0 aliphatic rings. The molecule has 0 unspecified atom stereocenters. The van der Waals surface area contributed by atoms with Gasteiger partial charge in [0.2, 0.25) is 5.91 Å². The predicted octanol–water partition coefficient (Wildman–Crippen LogP) is 3.31. The molecule has 2 rings (SSSR count). The Hall–Kier alpha value is -2.80. The van der Waals surface area contributed by atoms with Gasteiger partial charge in [0.15, 0.2) is 0 Å². The van der Waals surface area contributed by atoms with E-state index < -0.39 is 22.8 Å². The van der Waals surface area contributed by atoms with Gasteiger partial charge in [0.1, 0.15) is 14.4 Å². The number of rotatable bonds is 9. The Morgan fingerprint density at radius 1 is 1.37 bits per heavy atom. The fourth-order valence-corrected chi connectivity index (χ4v) is 4.02. The number of halogens is 1. The van der Waals surface area contributed by atoms with Crippen LogP contribution in [-0.2, 0) is 20.8 Å². The van der Waals surface area contributed by atoms with Gasteiger partial charge in [-0.1, -0.05) is 6.92 Å². The number of carbonyl (C=O) groups is 3. The summed E-state index contributed by atoms with van der Waals surface area (Å²) in [5.74, 6) is -2.10. The lowest BCUT2D eigenvalue weighted by molar-refractivity contribution is -0.390. The summed E-state index contributed by atoms with van der Waals surface area (Å²) in [4.78, 5) is 47.2. The van der Waals surface area contributed by atoms with E-state index >= 15 is 0 Å². The first-order chi connectivity index (χ1) is 14.2. The Morgan fingerprint density at radius 2 is 2.07 bits per heavy atom. The lowest BCUT2D eigenvalue weighted by atomic mass is 10.1. The van der Waals surface area contributed by atoms with Crippen LogP contribution in [0.25, 0.3) is 0 Å². The van der Waals surface area contributed by atoms with Crippen LogP contribution in [-0.4, -0.2) is 46.3 Å². The van der Waals surface area contributed by atoms with Crippen LogP contribution in [0.5, 0.6) is 0 Å². The molecular weight excluding hydrogens is 484 g/mol. The summed E-state index contributed by atoms with van der Waals surface area (Å²) in [7, 11) is 1.22. The van der Waals surface area contributed by atoms with Crippen molar-refractivity contribution in [1.29, 1.82) is 0 Å². The van der Waals surface area contributed by atoms with Crippen LogP contribution < -0.4 is 5.32 Å². The van der Waals surface area contributed by atoms with Crippen molar-refractivity contribution in [3.05, 3.63) is 36.8 Å². The number of thiophene rings is 1. The standard InChI is InChI=1S/C17H19BrN4O7S/c1-4-7-29-16(24)12-9(2)13(17(25)28-3)30-15(12)19-11(23)5-6-21-8-10(18)14(20-21)22(26)27/h8H,4-7H2,1-3H3,(H,19,23). The Morgan fingerprint density at radius 3 is 2.63 bits per heavy atom. The molecule has 30 heavy (non-hydrogen) atoms. The van der Waals surface area contributed by atoms with Crippen molar-refractivity contribution < 1.29 is 28.8 Å². The average Bonchev–Trinajstić information content (AvgIpc) is 3.23. The normalized spacial score (nSPS) is 10.5. The molecule has 162 valence electrons. The van der Waals surface area contributed by atoms with E-state index in [4.69, 9.17) is 9.47 Å². The van der Waals surface area contributed by atoms with Gasteiger partial charge in [-0.2, -0.15) is 4.68 Å². The van der Waals surface area contributed by atoms with Gasteiger partial charge in [-0.15, -0.1) is 11.3 Å². The Bertz CT molecular complexity index is 985. The molecular formula is C17H19BrN4O7S. The lowest BCUT2D eigenvalue weighted by Crippen LogP contribution is -2.17. The fourth-order valence-electron chi connectivity index (χ4n) is 2.43. The highest BCUT2D eigenvalue weighted by molar-refractivity contribution is 9.10. The molecule has 0 saturated heterocycles. The number of nitro groups is 1. The zero-order valence-electron chi connectivity index (χ0n) is 16.4. The minimum Gasteiger partial charge on any atom is -0.465 e. The van der Waals surface area contributed by atoms with E-state index in [1.54, 1.807) is 6.92 Å². The van der Waals surface area contributed by atoms with Crippen molar-refractivity contribution in [3.63, 3.8) is 0 Å². The van der Waals surface area contributed by atoms with Crippen LogP contribution in [0.3, 0.4) is 0 Å². The number of aromatic nitrogens is 2. The SMILES string of the molecule is CCCOC(=O)c1c(NC(=O)CCn2cc(Br)c([N+](=O)[O-])n2)sc(C(=O)OC)c1C. The number of nitrogens with one attached hydrogen (secondary N) is 1. The first-order valence-corrected chi connectivity index (χ1v) is 10.4. The van der Waals surface area contributed by atoms with Crippen molar-refractivity contribution in [2.75, 3.05) is 19.0 Å². The van der Waals surface area contributed by atoms with Gasteiger partial charge in [0.05, 0.1) is 37.1 Å². The highest BCUT2D eigenvalue weighted by Crippen LogP contribution is 2.34. The molecule has 0 bridgehead atoms. The topological polar surface area (TPSA) is 143 Å². The second-order valence-electron chi connectivity index (χ2n) is 6.01. The zero-order valence-corrected chi connectivity index (χ0v) is 18.8. The van der Waals surface area contributed by atoms with E-state index in [2.05, 4.69) is 26.3 Å². The summed E-state index contributed by atoms with van der Waals surface area (Å²) in [6.07, 6.45) is 1.94. The van der Waals surface area contributed by atoms with Crippen LogP contribution >= 0.6 is 27.3 Å². The second-order valence-corrected chi connectivity index (χ2v) is 7.88. The number of nitrogens with zero attached hydrogens (tertiary/aromatic N) is 3. The highest BCUT2D eigenvalue weighted by atomic mass is 79.9. The van der Waals surface area contributed by atoms with Crippen LogP contribution in [0, 0.1) is 17.0 Å². The van der Waals surface area contributed by atoms with E-state index in [1.807, 2.05) is 6.92 Å². The molecule has 0 aliphatic carbocycles.